The highest BCUT2D eigenvalue weighted by Gasteiger charge is 2.23. The van der Waals surface area contributed by atoms with Crippen molar-refractivity contribution in [1.29, 1.82) is 5.26 Å². The van der Waals surface area contributed by atoms with Crippen molar-refractivity contribution < 1.29 is 9.18 Å². The fourth-order valence-electron chi connectivity index (χ4n) is 3.25. The normalized spacial score (nSPS) is 14.3. The molecule has 4 rings (SSSR count). The van der Waals surface area contributed by atoms with Crippen molar-refractivity contribution in [1.82, 2.24) is 14.2 Å². The van der Waals surface area contributed by atoms with Gasteiger partial charge in [0, 0.05) is 36.6 Å². The van der Waals surface area contributed by atoms with Gasteiger partial charge >= 0.3 is 0 Å². The molecule has 5 nitrogen and oxygen atoms in total. The van der Waals surface area contributed by atoms with Crippen LogP contribution >= 0.6 is 11.9 Å². The lowest BCUT2D eigenvalue weighted by Crippen LogP contribution is -2.46. The van der Waals surface area contributed by atoms with Crippen LogP contribution in [0.3, 0.4) is 0 Å². The molecule has 1 aromatic heterocycles. The Hall–Kier alpha value is -3.21. The average Bonchev–Trinajstić information content (AvgIpc) is 2.80. The van der Waals surface area contributed by atoms with Crippen LogP contribution in [-0.4, -0.2) is 46.3 Å². The molecule has 150 valence electrons. The Morgan fingerprint density at radius 3 is 2.47 bits per heavy atom. The van der Waals surface area contributed by atoms with Crippen LogP contribution in [0.2, 0.25) is 0 Å². The summed E-state index contributed by atoms with van der Waals surface area (Å²) in [4.78, 5) is 20.2. The van der Waals surface area contributed by atoms with E-state index in [1.165, 1.54) is 12.1 Å². The molecule has 1 saturated heterocycles. The summed E-state index contributed by atoms with van der Waals surface area (Å²) < 4.78 is 15.4. The number of hydrogen-bond acceptors (Lipinski definition) is 5. The van der Waals surface area contributed by atoms with E-state index in [2.05, 4.69) is 15.4 Å². The Kier molecular flexibility index (Phi) is 6.07. The summed E-state index contributed by atoms with van der Waals surface area (Å²) in [5.74, 6) is -0.406. The molecule has 1 aliphatic rings. The van der Waals surface area contributed by atoms with Crippen LogP contribution in [-0.2, 0) is 0 Å². The van der Waals surface area contributed by atoms with E-state index in [1.807, 2.05) is 24.3 Å². The van der Waals surface area contributed by atoms with Gasteiger partial charge in [-0.1, -0.05) is 12.1 Å². The van der Waals surface area contributed by atoms with Crippen molar-refractivity contribution >= 4 is 17.9 Å². The summed E-state index contributed by atoms with van der Waals surface area (Å²) >= 11 is 1.60. The largest absolute Gasteiger partial charge is 0.335 e. The number of aromatic nitrogens is 1. The highest BCUT2D eigenvalue weighted by atomic mass is 32.2. The zero-order chi connectivity index (χ0) is 20.9. The summed E-state index contributed by atoms with van der Waals surface area (Å²) in [6, 6.07) is 21.1. The van der Waals surface area contributed by atoms with E-state index in [0.29, 0.717) is 30.0 Å². The predicted octanol–water partition coefficient (Wildman–Crippen LogP) is 4.22. The number of carbonyl (C=O) groups excluding carboxylic acids is 1. The summed E-state index contributed by atoms with van der Waals surface area (Å²) in [5.41, 5.74) is 2.44. The third-order valence-electron chi connectivity index (χ3n) is 4.83. The predicted molar refractivity (Wildman–Crippen MR) is 114 cm³/mol. The molecule has 0 bridgehead atoms. The molecule has 0 saturated carbocycles. The fourth-order valence-corrected chi connectivity index (χ4v) is 4.21. The Morgan fingerprint density at radius 1 is 1.00 bits per heavy atom. The SMILES string of the molecule is N#Cc1cccc(SN2CCN(C(=O)c3cccc(-c4ccc(F)cc4)n3)CC2)c1. The van der Waals surface area contributed by atoms with Crippen LogP contribution in [0.4, 0.5) is 4.39 Å². The number of amides is 1. The second-order valence-electron chi connectivity index (χ2n) is 6.87. The maximum absolute atomic E-state index is 13.2. The molecule has 30 heavy (non-hydrogen) atoms. The molecular weight excluding hydrogens is 399 g/mol. The van der Waals surface area contributed by atoms with Crippen LogP contribution in [0.25, 0.3) is 11.3 Å². The van der Waals surface area contributed by atoms with Crippen LogP contribution in [0.1, 0.15) is 16.1 Å². The minimum absolute atomic E-state index is 0.102. The molecule has 7 heteroatoms. The van der Waals surface area contributed by atoms with Crippen molar-refractivity contribution in [2.45, 2.75) is 4.90 Å². The van der Waals surface area contributed by atoms with Gasteiger partial charge in [-0.15, -0.1) is 0 Å². The van der Waals surface area contributed by atoms with Gasteiger partial charge in [-0.2, -0.15) is 5.26 Å². The van der Waals surface area contributed by atoms with Gasteiger partial charge in [0.1, 0.15) is 11.5 Å². The molecule has 0 unspecified atom stereocenters. The van der Waals surface area contributed by atoms with Crippen LogP contribution in [0, 0.1) is 17.1 Å². The lowest BCUT2D eigenvalue weighted by Gasteiger charge is -2.33. The number of halogens is 1. The smallest absolute Gasteiger partial charge is 0.272 e. The first-order chi connectivity index (χ1) is 14.6. The molecule has 0 spiro atoms. The number of pyridine rings is 1. The first kappa shape index (κ1) is 20.1. The third-order valence-corrected chi connectivity index (χ3v) is 5.92. The van der Waals surface area contributed by atoms with Crippen molar-refractivity contribution in [3.8, 4) is 17.3 Å². The zero-order valence-electron chi connectivity index (χ0n) is 16.2. The van der Waals surface area contributed by atoms with Crippen LogP contribution in [0.5, 0.6) is 0 Å². The summed E-state index contributed by atoms with van der Waals surface area (Å²) in [6.45, 7) is 2.66. The topological polar surface area (TPSA) is 60.2 Å². The first-order valence-corrected chi connectivity index (χ1v) is 10.3. The molecule has 0 atom stereocenters. The van der Waals surface area contributed by atoms with Gasteiger partial charge < -0.3 is 4.90 Å². The van der Waals surface area contributed by atoms with Gasteiger partial charge in [-0.3, -0.25) is 4.79 Å². The van der Waals surface area contributed by atoms with Gasteiger partial charge in [0.2, 0.25) is 0 Å². The Bertz CT molecular complexity index is 1090. The number of nitriles is 1. The lowest BCUT2D eigenvalue weighted by molar-refractivity contribution is 0.0698. The Morgan fingerprint density at radius 2 is 1.73 bits per heavy atom. The Labute approximate surface area is 178 Å². The van der Waals surface area contributed by atoms with E-state index in [-0.39, 0.29) is 11.7 Å². The fraction of sp³-hybridized carbons (Fsp3) is 0.174. The summed E-state index contributed by atoms with van der Waals surface area (Å²) in [5, 5.41) is 9.04. The number of carbonyl (C=O) groups is 1. The highest BCUT2D eigenvalue weighted by Crippen LogP contribution is 2.25. The minimum Gasteiger partial charge on any atom is -0.335 e. The molecule has 2 heterocycles. The van der Waals surface area contributed by atoms with Gasteiger partial charge in [-0.25, -0.2) is 13.7 Å². The molecule has 0 N–H and O–H groups in total. The van der Waals surface area contributed by atoms with E-state index in [4.69, 9.17) is 5.26 Å². The van der Waals surface area contributed by atoms with Crippen molar-refractivity contribution in [3.05, 3.63) is 83.8 Å². The molecule has 0 aliphatic carbocycles. The lowest BCUT2D eigenvalue weighted by atomic mass is 10.1. The molecule has 1 amide bonds. The monoisotopic (exact) mass is 418 g/mol. The number of benzene rings is 2. The molecule has 1 fully saturated rings. The van der Waals surface area contributed by atoms with E-state index in [1.54, 1.807) is 47.2 Å². The molecule has 1 aliphatic heterocycles. The standard InChI is InChI=1S/C23H19FN4OS/c24-19-9-7-18(8-10-19)21-5-2-6-22(26-21)23(29)27-11-13-28(14-12-27)30-20-4-1-3-17(15-20)16-25/h1-10,15H,11-14H2. The average molecular weight is 418 g/mol. The van der Waals surface area contributed by atoms with E-state index >= 15 is 0 Å². The van der Waals surface area contributed by atoms with E-state index in [9.17, 15) is 9.18 Å². The molecule has 3 aromatic rings. The molecule has 0 radical (unpaired) electrons. The second kappa shape index (κ2) is 9.08. The Balaban J connectivity index is 1.39. The number of piperazine rings is 1. The number of nitrogens with zero attached hydrogens (tertiary/aromatic N) is 4. The van der Waals surface area contributed by atoms with Crippen LogP contribution < -0.4 is 0 Å². The summed E-state index contributed by atoms with van der Waals surface area (Å²) in [6.07, 6.45) is 0. The van der Waals surface area contributed by atoms with Gasteiger partial charge in [0.05, 0.1) is 17.3 Å². The van der Waals surface area contributed by atoms with Crippen molar-refractivity contribution in [2.75, 3.05) is 26.2 Å². The van der Waals surface area contributed by atoms with Gasteiger partial charge in [-0.05, 0) is 66.5 Å². The van der Waals surface area contributed by atoms with E-state index < -0.39 is 0 Å². The van der Waals surface area contributed by atoms with E-state index in [0.717, 1.165) is 23.5 Å². The van der Waals surface area contributed by atoms with Gasteiger partial charge in [0.15, 0.2) is 0 Å². The minimum atomic E-state index is -0.305. The maximum atomic E-state index is 13.2. The maximum Gasteiger partial charge on any atom is 0.272 e. The molecule has 2 aromatic carbocycles. The summed E-state index contributed by atoms with van der Waals surface area (Å²) in [7, 11) is 0. The number of rotatable bonds is 4. The second-order valence-corrected chi connectivity index (χ2v) is 8.04. The first-order valence-electron chi connectivity index (χ1n) is 9.58. The zero-order valence-corrected chi connectivity index (χ0v) is 17.0. The quantitative estimate of drug-likeness (QED) is 0.594. The third kappa shape index (κ3) is 4.67. The van der Waals surface area contributed by atoms with Gasteiger partial charge in [0.25, 0.3) is 5.91 Å². The number of hydrogen-bond donors (Lipinski definition) is 0. The highest BCUT2D eigenvalue weighted by molar-refractivity contribution is 7.97. The van der Waals surface area contributed by atoms with Crippen molar-refractivity contribution in [3.63, 3.8) is 0 Å². The van der Waals surface area contributed by atoms with Crippen LogP contribution in [0.15, 0.2) is 71.6 Å². The molecular formula is C23H19FN4OS. The van der Waals surface area contributed by atoms with Crippen molar-refractivity contribution in [2.24, 2.45) is 0 Å².